The van der Waals surface area contributed by atoms with E-state index >= 15 is 0 Å². The summed E-state index contributed by atoms with van der Waals surface area (Å²) >= 11 is 5.89. The first-order valence-corrected chi connectivity index (χ1v) is 5.89. The fourth-order valence-corrected chi connectivity index (χ4v) is 1.69. The molecular formula is C14H13ClN2O. The number of benzene rings is 2. The average molecular weight is 261 g/mol. The van der Waals surface area contributed by atoms with Crippen LogP contribution in [-0.2, 0) is 0 Å². The smallest absolute Gasteiger partial charge is 0.124 e. The number of nitrogens with one attached hydrogen (secondary N) is 1. The van der Waals surface area contributed by atoms with Crippen LogP contribution in [0.25, 0.3) is 0 Å². The molecule has 0 saturated heterocycles. The monoisotopic (exact) mass is 260 g/mol. The highest BCUT2D eigenvalue weighted by molar-refractivity contribution is 6.31. The molecule has 92 valence electrons. The van der Waals surface area contributed by atoms with Gasteiger partial charge < -0.3 is 5.11 Å². The maximum Gasteiger partial charge on any atom is 0.124 e. The van der Waals surface area contributed by atoms with Crippen molar-refractivity contribution in [1.82, 2.24) is 0 Å². The van der Waals surface area contributed by atoms with Crippen LogP contribution < -0.4 is 5.43 Å². The second-order valence-corrected chi connectivity index (χ2v) is 4.27. The minimum Gasteiger partial charge on any atom is -0.507 e. The van der Waals surface area contributed by atoms with Crippen molar-refractivity contribution in [3.63, 3.8) is 0 Å². The Balaban J connectivity index is 2.20. The molecule has 0 aliphatic carbocycles. The van der Waals surface area contributed by atoms with Crippen LogP contribution in [0, 0.1) is 0 Å². The van der Waals surface area contributed by atoms with E-state index in [1.165, 1.54) is 0 Å². The van der Waals surface area contributed by atoms with E-state index in [0.29, 0.717) is 16.3 Å². The van der Waals surface area contributed by atoms with Gasteiger partial charge in [0, 0.05) is 10.6 Å². The Morgan fingerprint density at radius 1 is 1.17 bits per heavy atom. The summed E-state index contributed by atoms with van der Waals surface area (Å²) in [5.74, 6) is 0.163. The SMILES string of the molecule is C/C(=N\Nc1ccccc1)c1cc(Cl)ccc1O. The highest BCUT2D eigenvalue weighted by Crippen LogP contribution is 2.22. The Morgan fingerprint density at radius 2 is 1.89 bits per heavy atom. The first-order valence-electron chi connectivity index (χ1n) is 5.51. The molecule has 0 unspecified atom stereocenters. The van der Waals surface area contributed by atoms with Gasteiger partial charge in [-0.25, -0.2) is 0 Å². The van der Waals surface area contributed by atoms with Crippen molar-refractivity contribution in [2.45, 2.75) is 6.92 Å². The molecule has 0 aliphatic rings. The molecular weight excluding hydrogens is 248 g/mol. The van der Waals surface area contributed by atoms with Crippen LogP contribution in [-0.4, -0.2) is 10.8 Å². The molecule has 0 fully saturated rings. The lowest BCUT2D eigenvalue weighted by atomic mass is 10.1. The third kappa shape index (κ3) is 3.02. The molecule has 0 radical (unpaired) electrons. The van der Waals surface area contributed by atoms with E-state index < -0.39 is 0 Å². The van der Waals surface area contributed by atoms with Crippen LogP contribution >= 0.6 is 11.6 Å². The standard InChI is InChI=1S/C14H13ClN2O/c1-10(13-9-11(15)7-8-14(13)18)16-17-12-5-3-2-4-6-12/h2-9,17-18H,1H3/b16-10+. The van der Waals surface area contributed by atoms with Crippen molar-refractivity contribution in [1.29, 1.82) is 0 Å². The summed E-state index contributed by atoms with van der Waals surface area (Å²) in [6.07, 6.45) is 0. The minimum atomic E-state index is 0.163. The van der Waals surface area contributed by atoms with Crippen LogP contribution in [0.3, 0.4) is 0 Å². The highest BCUT2D eigenvalue weighted by Gasteiger charge is 2.05. The van der Waals surface area contributed by atoms with Crippen LogP contribution in [0.2, 0.25) is 5.02 Å². The lowest BCUT2D eigenvalue weighted by Gasteiger charge is -2.06. The topological polar surface area (TPSA) is 44.6 Å². The third-order valence-electron chi connectivity index (χ3n) is 2.47. The maximum absolute atomic E-state index is 9.74. The molecule has 0 bridgehead atoms. The molecule has 3 nitrogen and oxygen atoms in total. The summed E-state index contributed by atoms with van der Waals surface area (Å²) in [4.78, 5) is 0. The molecule has 0 aromatic heterocycles. The van der Waals surface area contributed by atoms with Crippen LogP contribution in [0.4, 0.5) is 5.69 Å². The summed E-state index contributed by atoms with van der Waals surface area (Å²) < 4.78 is 0. The van der Waals surface area contributed by atoms with Crippen molar-refractivity contribution in [2.75, 3.05) is 5.43 Å². The fraction of sp³-hybridized carbons (Fsp3) is 0.0714. The largest absolute Gasteiger partial charge is 0.507 e. The highest BCUT2D eigenvalue weighted by atomic mass is 35.5. The normalized spacial score (nSPS) is 11.3. The first kappa shape index (κ1) is 12.5. The summed E-state index contributed by atoms with van der Waals surface area (Å²) in [6.45, 7) is 1.81. The van der Waals surface area contributed by atoms with E-state index in [4.69, 9.17) is 11.6 Å². The second kappa shape index (κ2) is 5.56. The molecule has 2 aromatic carbocycles. The molecule has 0 heterocycles. The fourth-order valence-electron chi connectivity index (χ4n) is 1.52. The van der Waals surface area contributed by atoms with Gasteiger partial charge in [0.1, 0.15) is 5.75 Å². The molecule has 4 heteroatoms. The number of hydrogen-bond donors (Lipinski definition) is 2. The number of para-hydroxylation sites is 1. The van der Waals surface area contributed by atoms with Gasteiger partial charge in [0.15, 0.2) is 0 Å². The van der Waals surface area contributed by atoms with Crippen LogP contribution in [0.15, 0.2) is 53.6 Å². The maximum atomic E-state index is 9.74. The molecule has 2 aromatic rings. The zero-order valence-electron chi connectivity index (χ0n) is 9.89. The number of anilines is 1. The number of halogens is 1. The van der Waals surface area contributed by atoms with Gasteiger partial charge >= 0.3 is 0 Å². The van der Waals surface area contributed by atoms with Crippen molar-refractivity contribution < 1.29 is 5.11 Å². The average Bonchev–Trinajstić information content (AvgIpc) is 2.40. The molecule has 0 atom stereocenters. The van der Waals surface area contributed by atoms with Gasteiger partial charge in [-0.05, 0) is 37.3 Å². The quantitative estimate of drug-likeness (QED) is 0.650. The zero-order valence-corrected chi connectivity index (χ0v) is 10.6. The number of aromatic hydroxyl groups is 1. The summed E-state index contributed by atoms with van der Waals surface area (Å²) in [7, 11) is 0. The first-order chi connectivity index (χ1) is 8.66. The van der Waals surface area contributed by atoms with E-state index in [9.17, 15) is 5.11 Å². The Kier molecular flexibility index (Phi) is 3.85. The van der Waals surface area contributed by atoms with Crippen molar-refractivity contribution >= 4 is 23.0 Å². The number of nitrogens with zero attached hydrogens (tertiary/aromatic N) is 1. The molecule has 0 amide bonds. The van der Waals surface area contributed by atoms with E-state index in [-0.39, 0.29) is 5.75 Å². The van der Waals surface area contributed by atoms with Gasteiger partial charge in [-0.2, -0.15) is 5.10 Å². The molecule has 0 aliphatic heterocycles. The molecule has 2 N–H and O–H groups in total. The van der Waals surface area contributed by atoms with Crippen molar-refractivity contribution in [3.8, 4) is 5.75 Å². The Hall–Kier alpha value is -2.00. The second-order valence-electron chi connectivity index (χ2n) is 3.84. The van der Waals surface area contributed by atoms with E-state index in [1.54, 1.807) is 25.1 Å². The van der Waals surface area contributed by atoms with Crippen LogP contribution in [0.1, 0.15) is 12.5 Å². The number of phenolic OH excluding ortho intramolecular Hbond substituents is 1. The van der Waals surface area contributed by atoms with Crippen LogP contribution in [0.5, 0.6) is 5.75 Å². The number of hydrazone groups is 1. The predicted octanol–water partition coefficient (Wildman–Crippen LogP) is 3.88. The van der Waals surface area contributed by atoms with Gasteiger partial charge in [-0.15, -0.1) is 0 Å². The summed E-state index contributed by atoms with van der Waals surface area (Å²) in [5.41, 5.74) is 5.09. The lowest BCUT2D eigenvalue weighted by Crippen LogP contribution is -2.00. The summed E-state index contributed by atoms with van der Waals surface area (Å²) in [5, 5.41) is 14.5. The van der Waals surface area contributed by atoms with Crippen molar-refractivity contribution in [3.05, 3.63) is 59.1 Å². The Labute approximate surface area is 111 Å². The molecule has 2 rings (SSSR count). The van der Waals surface area contributed by atoms with Gasteiger partial charge in [0.2, 0.25) is 0 Å². The number of rotatable bonds is 3. The van der Waals surface area contributed by atoms with Gasteiger partial charge in [0.05, 0.1) is 11.4 Å². The zero-order chi connectivity index (χ0) is 13.0. The van der Waals surface area contributed by atoms with E-state index in [0.717, 1.165) is 5.69 Å². The van der Waals surface area contributed by atoms with E-state index in [2.05, 4.69) is 10.5 Å². The minimum absolute atomic E-state index is 0.163. The molecule has 0 spiro atoms. The molecule has 18 heavy (non-hydrogen) atoms. The number of phenols is 1. The predicted molar refractivity (Wildman–Crippen MR) is 75.4 cm³/mol. The lowest BCUT2D eigenvalue weighted by molar-refractivity contribution is 0.474. The van der Waals surface area contributed by atoms with Gasteiger partial charge in [-0.3, -0.25) is 5.43 Å². The van der Waals surface area contributed by atoms with Crippen molar-refractivity contribution in [2.24, 2.45) is 5.10 Å². The molecule has 0 saturated carbocycles. The van der Waals surface area contributed by atoms with Gasteiger partial charge in [-0.1, -0.05) is 29.8 Å². The third-order valence-corrected chi connectivity index (χ3v) is 2.71. The Morgan fingerprint density at radius 3 is 2.61 bits per heavy atom. The number of hydrogen-bond acceptors (Lipinski definition) is 3. The Bertz CT molecular complexity index is 567. The van der Waals surface area contributed by atoms with Gasteiger partial charge in [0.25, 0.3) is 0 Å². The van der Waals surface area contributed by atoms with E-state index in [1.807, 2.05) is 30.3 Å². The summed E-state index contributed by atoms with van der Waals surface area (Å²) in [6, 6.07) is 14.5.